The van der Waals surface area contributed by atoms with E-state index in [1.165, 1.54) is 42.6 Å². The van der Waals surface area contributed by atoms with Gasteiger partial charge >= 0.3 is 0 Å². The minimum Gasteiger partial charge on any atom is -0.309 e. The summed E-state index contributed by atoms with van der Waals surface area (Å²) in [7, 11) is 0. The summed E-state index contributed by atoms with van der Waals surface area (Å²) in [5, 5.41) is 3.67. The van der Waals surface area contributed by atoms with Crippen molar-refractivity contribution in [1.29, 1.82) is 0 Å². The lowest BCUT2D eigenvalue weighted by Gasteiger charge is -2.25. The predicted octanol–water partition coefficient (Wildman–Crippen LogP) is 3.69. The topological polar surface area (TPSA) is 15.3 Å². The second-order valence-corrected chi connectivity index (χ2v) is 6.35. The SMILES string of the molecule is CCNC(CN1CCC(CC)C1)c1cc(C)cc(C)c1. The van der Waals surface area contributed by atoms with Gasteiger partial charge in [0.25, 0.3) is 0 Å². The molecule has 1 heterocycles. The van der Waals surface area contributed by atoms with E-state index in [0.29, 0.717) is 6.04 Å². The molecule has 0 bridgehead atoms. The van der Waals surface area contributed by atoms with E-state index in [0.717, 1.165) is 19.0 Å². The highest BCUT2D eigenvalue weighted by atomic mass is 15.2. The molecule has 2 rings (SSSR count). The number of likely N-dealkylation sites (tertiary alicyclic amines) is 1. The van der Waals surface area contributed by atoms with Crippen molar-refractivity contribution in [1.82, 2.24) is 10.2 Å². The van der Waals surface area contributed by atoms with Gasteiger partial charge in [0.1, 0.15) is 0 Å². The van der Waals surface area contributed by atoms with E-state index in [1.807, 2.05) is 0 Å². The molecule has 1 aromatic rings. The van der Waals surface area contributed by atoms with Crippen molar-refractivity contribution in [2.75, 3.05) is 26.2 Å². The molecule has 1 N–H and O–H groups in total. The molecule has 1 aliphatic heterocycles. The van der Waals surface area contributed by atoms with Crippen LogP contribution in [0.1, 0.15) is 49.4 Å². The summed E-state index contributed by atoms with van der Waals surface area (Å²) in [6.07, 6.45) is 2.70. The molecule has 20 heavy (non-hydrogen) atoms. The smallest absolute Gasteiger partial charge is 0.0449 e. The van der Waals surface area contributed by atoms with Gasteiger partial charge in [-0.1, -0.05) is 49.6 Å². The standard InChI is InChI=1S/C18H30N2/c1-5-16-7-8-20(12-16)13-18(19-6-2)17-10-14(3)9-15(4)11-17/h9-11,16,18-19H,5-8,12-13H2,1-4H3. The van der Waals surface area contributed by atoms with E-state index in [2.05, 4.69) is 56.1 Å². The molecule has 2 heteroatoms. The van der Waals surface area contributed by atoms with Gasteiger partial charge in [-0.3, -0.25) is 0 Å². The van der Waals surface area contributed by atoms with Crippen LogP contribution in [0, 0.1) is 19.8 Å². The van der Waals surface area contributed by atoms with Crippen molar-refractivity contribution in [3.63, 3.8) is 0 Å². The average molecular weight is 274 g/mol. The first-order chi connectivity index (χ1) is 9.62. The zero-order valence-corrected chi connectivity index (χ0v) is 13.6. The number of nitrogens with one attached hydrogen (secondary N) is 1. The van der Waals surface area contributed by atoms with Crippen molar-refractivity contribution in [2.24, 2.45) is 5.92 Å². The van der Waals surface area contributed by atoms with E-state index in [4.69, 9.17) is 0 Å². The summed E-state index contributed by atoms with van der Waals surface area (Å²) in [4.78, 5) is 2.64. The second kappa shape index (κ2) is 7.24. The Labute approximate surface area is 124 Å². The van der Waals surface area contributed by atoms with Crippen molar-refractivity contribution < 1.29 is 0 Å². The van der Waals surface area contributed by atoms with Crippen LogP contribution in [0.4, 0.5) is 0 Å². The summed E-state index contributed by atoms with van der Waals surface area (Å²) >= 11 is 0. The molecule has 0 amide bonds. The number of aryl methyl sites for hydroxylation is 2. The maximum absolute atomic E-state index is 3.67. The third kappa shape index (κ3) is 4.07. The maximum atomic E-state index is 3.67. The molecule has 2 atom stereocenters. The van der Waals surface area contributed by atoms with E-state index in [9.17, 15) is 0 Å². The van der Waals surface area contributed by atoms with Crippen LogP contribution in [-0.4, -0.2) is 31.1 Å². The van der Waals surface area contributed by atoms with Gasteiger partial charge in [0.15, 0.2) is 0 Å². The van der Waals surface area contributed by atoms with Crippen LogP contribution in [0.2, 0.25) is 0 Å². The van der Waals surface area contributed by atoms with Gasteiger partial charge in [0, 0.05) is 19.1 Å². The first kappa shape index (κ1) is 15.5. The van der Waals surface area contributed by atoms with E-state index in [1.54, 1.807) is 0 Å². The Hall–Kier alpha value is -0.860. The third-order valence-electron chi connectivity index (χ3n) is 4.49. The number of nitrogens with zero attached hydrogens (tertiary/aromatic N) is 1. The van der Waals surface area contributed by atoms with Crippen molar-refractivity contribution in [3.05, 3.63) is 34.9 Å². The second-order valence-electron chi connectivity index (χ2n) is 6.35. The van der Waals surface area contributed by atoms with Gasteiger partial charge < -0.3 is 10.2 Å². The number of benzene rings is 1. The van der Waals surface area contributed by atoms with Crippen LogP contribution in [0.15, 0.2) is 18.2 Å². The van der Waals surface area contributed by atoms with Gasteiger partial charge in [-0.15, -0.1) is 0 Å². The predicted molar refractivity (Wildman–Crippen MR) is 87.2 cm³/mol. The Balaban J connectivity index is 2.06. The van der Waals surface area contributed by atoms with Gasteiger partial charge in [0.2, 0.25) is 0 Å². The average Bonchev–Trinajstić information content (AvgIpc) is 2.85. The van der Waals surface area contributed by atoms with Crippen LogP contribution in [0.3, 0.4) is 0 Å². The molecule has 0 radical (unpaired) electrons. The Morgan fingerprint density at radius 3 is 2.45 bits per heavy atom. The molecule has 1 saturated heterocycles. The molecule has 112 valence electrons. The first-order valence-electron chi connectivity index (χ1n) is 8.16. The largest absolute Gasteiger partial charge is 0.309 e. The van der Waals surface area contributed by atoms with Crippen LogP contribution >= 0.6 is 0 Å². The fraction of sp³-hybridized carbons (Fsp3) is 0.667. The van der Waals surface area contributed by atoms with Crippen LogP contribution in [-0.2, 0) is 0 Å². The minimum absolute atomic E-state index is 0.467. The third-order valence-corrected chi connectivity index (χ3v) is 4.49. The molecule has 0 saturated carbocycles. The van der Waals surface area contributed by atoms with Crippen LogP contribution in [0.25, 0.3) is 0 Å². The highest BCUT2D eigenvalue weighted by molar-refractivity contribution is 5.31. The lowest BCUT2D eigenvalue weighted by molar-refractivity contribution is 0.283. The molecule has 2 nitrogen and oxygen atoms in total. The zero-order chi connectivity index (χ0) is 14.5. The number of likely N-dealkylation sites (N-methyl/N-ethyl adjacent to an activating group) is 1. The highest BCUT2D eigenvalue weighted by Gasteiger charge is 2.23. The first-order valence-corrected chi connectivity index (χ1v) is 8.16. The Morgan fingerprint density at radius 1 is 1.20 bits per heavy atom. The Morgan fingerprint density at radius 2 is 1.90 bits per heavy atom. The highest BCUT2D eigenvalue weighted by Crippen LogP contribution is 2.23. The summed E-state index contributed by atoms with van der Waals surface area (Å²) < 4.78 is 0. The molecule has 0 spiro atoms. The van der Waals surface area contributed by atoms with Gasteiger partial charge in [-0.2, -0.15) is 0 Å². The van der Waals surface area contributed by atoms with E-state index < -0.39 is 0 Å². The molecular formula is C18H30N2. The molecule has 0 aliphatic carbocycles. The fourth-order valence-corrected chi connectivity index (χ4v) is 3.42. The molecule has 1 aliphatic rings. The zero-order valence-electron chi connectivity index (χ0n) is 13.6. The quantitative estimate of drug-likeness (QED) is 0.851. The van der Waals surface area contributed by atoms with Gasteiger partial charge in [-0.05, 0) is 44.8 Å². The molecule has 1 fully saturated rings. The molecule has 1 aromatic carbocycles. The van der Waals surface area contributed by atoms with Crippen molar-refractivity contribution >= 4 is 0 Å². The van der Waals surface area contributed by atoms with Gasteiger partial charge in [-0.25, -0.2) is 0 Å². The summed E-state index contributed by atoms with van der Waals surface area (Å²) in [5.41, 5.74) is 4.19. The van der Waals surface area contributed by atoms with Gasteiger partial charge in [0.05, 0.1) is 0 Å². The normalized spacial score (nSPS) is 21.3. The van der Waals surface area contributed by atoms with Crippen molar-refractivity contribution in [3.8, 4) is 0 Å². The minimum atomic E-state index is 0.467. The molecule has 0 aromatic heterocycles. The lowest BCUT2D eigenvalue weighted by atomic mass is 10.0. The maximum Gasteiger partial charge on any atom is 0.0449 e. The summed E-state index contributed by atoms with van der Waals surface area (Å²) in [5.74, 6) is 0.913. The molecule has 2 unspecified atom stereocenters. The monoisotopic (exact) mass is 274 g/mol. The lowest BCUT2D eigenvalue weighted by Crippen LogP contribution is -2.34. The fourth-order valence-electron chi connectivity index (χ4n) is 3.42. The summed E-state index contributed by atoms with van der Waals surface area (Å²) in [6, 6.07) is 7.41. The van der Waals surface area contributed by atoms with Crippen LogP contribution in [0.5, 0.6) is 0 Å². The molecular weight excluding hydrogens is 244 g/mol. The number of rotatable bonds is 6. The Kier molecular flexibility index (Phi) is 5.62. The van der Waals surface area contributed by atoms with Crippen LogP contribution < -0.4 is 5.32 Å². The van der Waals surface area contributed by atoms with E-state index in [-0.39, 0.29) is 0 Å². The summed E-state index contributed by atoms with van der Waals surface area (Å²) in [6.45, 7) is 13.6. The Bertz CT molecular complexity index is 407. The van der Waals surface area contributed by atoms with E-state index >= 15 is 0 Å². The number of hydrogen-bond donors (Lipinski definition) is 1. The number of hydrogen-bond acceptors (Lipinski definition) is 2. The van der Waals surface area contributed by atoms with Crippen molar-refractivity contribution in [2.45, 2.75) is 46.6 Å².